The lowest BCUT2D eigenvalue weighted by molar-refractivity contribution is -0.176. The van der Waals surface area contributed by atoms with Crippen molar-refractivity contribution in [3.8, 4) is 0 Å². The van der Waals surface area contributed by atoms with E-state index < -0.39 is 23.3 Å². The standard InChI is InChI=1S/C9H14ClNO5/c1-4-9(5-2,7(13)15-10)8(14)16-11-6(3)12/h4-5H2,1-3H3,(H,11,12). The lowest BCUT2D eigenvalue weighted by Crippen LogP contribution is -2.43. The van der Waals surface area contributed by atoms with Crippen molar-refractivity contribution >= 4 is 29.7 Å². The molecule has 0 aromatic rings. The van der Waals surface area contributed by atoms with Gasteiger partial charge in [-0.05, 0) is 12.8 Å². The Labute approximate surface area is 98.3 Å². The Kier molecular flexibility index (Phi) is 5.81. The molecule has 0 aromatic heterocycles. The number of carbonyl (C=O) groups is 3. The van der Waals surface area contributed by atoms with E-state index in [4.69, 9.17) is 11.9 Å². The normalized spacial score (nSPS) is 10.5. The summed E-state index contributed by atoms with van der Waals surface area (Å²) >= 11 is 4.96. The zero-order valence-electron chi connectivity index (χ0n) is 9.33. The fraction of sp³-hybridized carbons (Fsp3) is 0.667. The van der Waals surface area contributed by atoms with Crippen molar-refractivity contribution in [1.29, 1.82) is 0 Å². The fourth-order valence-corrected chi connectivity index (χ4v) is 1.35. The Morgan fingerprint density at radius 1 is 1.19 bits per heavy atom. The molecule has 1 amide bonds. The van der Waals surface area contributed by atoms with Crippen molar-refractivity contribution in [2.45, 2.75) is 33.6 Å². The van der Waals surface area contributed by atoms with Crippen LogP contribution in [0.25, 0.3) is 0 Å². The van der Waals surface area contributed by atoms with Gasteiger partial charge in [0.15, 0.2) is 5.41 Å². The van der Waals surface area contributed by atoms with E-state index in [9.17, 15) is 14.4 Å². The van der Waals surface area contributed by atoms with Crippen molar-refractivity contribution in [2.24, 2.45) is 5.41 Å². The molecule has 0 fully saturated rings. The second-order valence-corrected chi connectivity index (χ2v) is 3.36. The predicted octanol–water partition coefficient (Wildman–Crippen LogP) is 1.08. The lowest BCUT2D eigenvalue weighted by Gasteiger charge is -2.24. The van der Waals surface area contributed by atoms with E-state index in [0.717, 1.165) is 0 Å². The number of carbonyl (C=O) groups excluding carboxylic acids is 3. The van der Waals surface area contributed by atoms with E-state index in [1.807, 2.05) is 5.48 Å². The summed E-state index contributed by atoms with van der Waals surface area (Å²) in [6.07, 6.45) is 0.320. The number of hydroxylamine groups is 1. The van der Waals surface area contributed by atoms with E-state index in [1.54, 1.807) is 13.8 Å². The average Bonchev–Trinajstić information content (AvgIpc) is 2.28. The Morgan fingerprint density at radius 2 is 1.69 bits per heavy atom. The van der Waals surface area contributed by atoms with E-state index in [-0.39, 0.29) is 12.8 Å². The fourth-order valence-electron chi connectivity index (χ4n) is 1.20. The van der Waals surface area contributed by atoms with Gasteiger partial charge < -0.3 is 9.13 Å². The Morgan fingerprint density at radius 3 is 2.00 bits per heavy atom. The quantitative estimate of drug-likeness (QED) is 0.597. The van der Waals surface area contributed by atoms with Crippen molar-refractivity contribution in [3.63, 3.8) is 0 Å². The molecular weight excluding hydrogens is 238 g/mol. The van der Waals surface area contributed by atoms with E-state index >= 15 is 0 Å². The highest BCUT2D eigenvalue weighted by Crippen LogP contribution is 2.30. The lowest BCUT2D eigenvalue weighted by atomic mass is 9.83. The largest absolute Gasteiger partial charge is 0.349 e. The Hall–Kier alpha value is -1.30. The molecular formula is C9H14ClNO5. The molecule has 0 unspecified atom stereocenters. The predicted molar refractivity (Wildman–Crippen MR) is 54.9 cm³/mol. The summed E-state index contributed by atoms with van der Waals surface area (Å²) in [5.41, 5.74) is 0.377. The molecule has 7 heteroatoms. The highest BCUT2D eigenvalue weighted by atomic mass is 35.5. The van der Waals surface area contributed by atoms with Gasteiger partial charge in [-0.25, -0.2) is 9.59 Å². The Balaban J connectivity index is 4.82. The van der Waals surface area contributed by atoms with Crippen LogP contribution in [0.15, 0.2) is 0 Å². The van der Waals surface area contributed by atoms with Crippen LogP contribution in [0.1, 0.15) is 33.6 Å². The summed E-state index contributed by atoms with van der Waals surface area (Å²) in [5.74, 6) is -2.33. The van der Waals surface area contributed by atoms with E-state index in [1.165, 1.54) is 6.92 Å². The van der Waals surface area contributed by atoms with Gasteiger partial charge >= 0.3 is 11.9 Å². The van der Waals surface area contributed by atoms with Crippen LogP contribution < -0.4 is 5.48 Å². The number of nitrogens with one attached hydrogen (secondary N) is 1. The van der Waals surface area contributed by atoms with Gasteiger partial charge in [-0.2, -0.15) is 5.48 Å². The van der Waals surface area contributed by atoms with E-state index in [0.29, 0.717) is 0 Å². The van der Waals surface area contributed by atoms with Crippen LogP contribution >= 0.6 is 11.9 Å². The highest BCUT2D eigenvalue weighted by molar-refractivity contribution is 6.16. The SMILES string of the molecule is CCC(CC)(C(=O)OCl)C(=O)ONC(C)=O. The van der Waals surface area contributed by atoms with Gasteiger partial charge in [-0.3, -0.25) is 4.79 Å². The van der Waals surface area contributed by atoms with Gasteiger partial charge in [0, 0.05) is 6.92 Å². The van der Waals surface area contributed by atoms with Crippen LogP contribution in [0, 0.1) is 5.41 Å². The number of rotatable bonds is 4. The molecule has 0 saturated heterocycles. The molecule has 0 aromatic carbocycles. The van der Waals surface area contributed by atoms with Crippen molar-refractivity contribution in [2.75, 3.05) is 0 Å². The first-order chi connectivity index (χ1) is 7.44. The number of hydrogen-bond acceptors (Lipinski definition) is 5. The smallest absolute Gasteiger partial charge is 0.346 e. The van der Waals surface area contributed by atoms with Crippen molar-refractivity contribution < 1.29 is 23.5 Å². The molecule has 0 aliphatic heterocycles. The molecule has 0 radical (unpaired) electrons. The van der Waals surface area contributed by atoms with Gasteiger partial charge in [0.25, 0.3) is 0 Å². The van der Waals surface area contributed by atoms with Gasteiger partial charge in [-0.15, -0.1) is 0 Å². The van der Waals surface area contributed by atoms with Gasteiger partial charge in [0.2, 0.25) is 5.91 Å². The summed E-state index contributed by atoms with van der Waals surface area (Å²) in [7, 11) is 0. The minimum absolute atomic E-state index is 0.160. The molecule has 1 N–H and O–H groups in total. The molecule has 0 aliphatic rings. The molecule has 0 aliphatic carbocycles. The van der Waals surface area contributed by atoms with Gasteiger partial charge in [0.05, 0.1) is 0 Å². The molecule has 0 heterocycles. The van der Waals surface area contributed by atoms with Crippen LogP contribution in [0.3, 0.4) is 0 Å². The molecule has 0 atom stereocenters. The summed E-state index contributed by atoms with van der Waals surface area (Å²) < 4.78 is 4.05. The van der Waals surface area contributed by atoms with Crippen LogP contribution in [0.4, 0.5) is 0 Å². The molecule has 6 nitrogen and oxygen atoms in total. The molecule has 0 rings (SSSR count). The first-order valence-electron chi connectivity index (χ1n) is 4.75. The number of hydrogen-bond donors (Lipinski definition) is 1. The average molecular weight is 252 g/mol. The molecule has 92 valence electrons. The summed E-state index contributed by atoms with van der Waals surface area (Å²) in [5, 5.41) is 0. The van der Waals surface area contributed by atoms with Gasteiger partial charge in [-0.1, -0.05) is 13.8 Å². The third-order valence-corrected chi connectivity index (χ3v) is 2.49. The minimum Gasteiger partial charge on any atom is -0.346 e. The second-order valence-electron chi connectivity index (χ2n) is 3.20. The van der Waals surface area contributed by atoms with Crippen LogP contribution in [-0.4, -0.2) is 17.8 Å². The third kappa shape index (κ3) is 3.10. The highest BCUT2D eigenvalue weighted by Gasteiger charge is 2.46. The Bertz CT molecular complexity index is 288. The monoisotopic (exact) mass is 251 g/mol. The third-order valence-electron chi connectivity index (χ3n) is 2.35. The summed E-state index contributed by atoms with van der Waals surface area (Å²) in [4.78, 5) is 38.1. The zero-order valence-corrected chi connectivity index (χ0v) is 10.1. The van der Waals surface area contributed by atoms with E-state index in [2.05, 4.69) is 9.13 Å². The van der Waals surface area contributed by atoms with Gasteiger partial charge in [0.1, 0.15) is 11.9 Å². The molecule has 16 heavy (non-hydrogen) atoms. The minimum atomic E-state index is -1.48. The molecule has 0 saturated carbocycles. The maximum Gasteiger partial charge on any atom is 0.349 e. The van der Waals surface area contributed by atoms with Crippen molar-refractivity contribution in [3.05, 3.63) is 0 Å². The summed E-state index contributed by atoms with van der Waals surface area (Å²) in [6.45, 7) is 4.41. The maximum absolute atomic E-state index is 11.6. The molecule has 0 bridgehead atoms. The zero-order chi connectivity index (χ0) is 12.8. The van der Waals surface area contributed by atoms with Crippen LogP contribution in [0.5, 0.6) is 0 Å². The number of amides is 1. The second kappa shape index (κ2) is 6.32. The first-order valence-corrected chi connectivity index (χ1v) is 5.06. The maximum atomic E-state index is 11.6. The first kappa shape index (κ1) is 14.7. The summed E-state index contributed by atoms with van der Waals surface area (Å²) in [6, 6.07) is 0. The van der Waals surface area contributed by atoms with Crippen molar-refractivity contribution in [1.82, 2.24) is 5.48 Å². The van der Waals surface area contributed by atoms with Crippen LogP contribution in [-0.2, 0) is 23.5 Å². The number of halogens is 1. The molecule has 0 spiro atoms. The topological polar surface area (TPSA) is 81.7 Å². The van der Waals surface area contributed by atoms with Crippen LogP contribution in [0.2, 0.25) is 0 Å².